The maximum absolute atomic E-state index is 13.0. The van der Waals surface area contributed by atoms with E-state index in [-0.39, 0.29) is 11.7 Å². The summed E-state index contributed by atoms with van der Waals surface area (Å²) >= 11 is 1.72. The second-order valence-electron chi connectivity index (χ2n) is 3.65. The summed E-state index contributed by atoms with van der Waals surface area (Å²) in [4.78, 5) is 0. The highest BCUT2D eigenvalue weighted by Gasteiger charge is 2.09. The molecule has 0 spiro atoms. The van der Waals surface area contributed by atoms with Crippen molar-refractivity contribution in [3.05, 3.63) is 35.1 Å². The molecule has 0 aliphatic heterocycles. The normalized spacial score (nSPS) is 12.1. The van der Waals surface area contributed by atoms with E-state index >= 15 is 0 Å². The number of rotatable bonds is 4. The zero-order valence-corrected chi connectivity index (χ0v) is 10.1. The topological polar surface area (TPSA) is 58.6 Å². The Morgan fingerprint density at radius 2 is 2.25 bits per heavy atom. The first-order chi connectivity index (χ1) is 7.54. The van der Waals surface area contributed by atoms with Gasteiger partial charge in [-0.15, -0.1) is 0 Å². The molecule has 0 bridgehead atoms. The van der Waals surface area contributed by atoms with E-state index in [0.717, 1.165) is 5.56 Å². The zero-order valence-electron chi connectivity index (χ0n) is 9.27. The molecule has 0 radical (unpaired) electrons. The van der Waals surface area contributed by atoms with Gasteiger partial charge in [0.1, 0.15) is 5.82 Å². The van der Waals surface area contributed by atoms with E-state index in [2.05, 4.69) is 19.0 Å². The van der Waals surface area contributed by atoms with Gasteiger partial charge in [0.15, 0.2) is 5.84 Å². The minimum Gasteiger partial charge on any atom is -0.409 e. The van der Waals surface area contributed by atoms with Gasteiger partial charge in [-0.2, -0.15) is 11.8 Å². The third-order valence-electron chi connectivity index (χ3n) is 2.03. The van der Waals surface area contributed by atoms with Crippen molar-refractivity contribution in [3.8, 4) is 0 Å². The summed E-state index contributed by atoms with van der Waals surface area (Å²) in [7, 11) is 0. The molecule has 3 nitrogen and oxygen atoms in total. The molecule has 0 aromatic heterocycles. The fourth-order valence-corrected chi connectivity index (χ4v) is 1.99. The van der Waals surface area contributed by atoms with E-state index in [1.165, 1.54) is 12.1 Å². The van der Waals surface area contributed by atoms with E-state index in [0.29, 0.717) is 16.6 Å². The Labute approximate surface area is 98.5 Å². The summed E-state index contributed by atoms with van der Waals surface area (Å²) in [6.45, 7) is 4.16. The maximum Gasteiger partial charge on any atom is 0.170 e. The number of benzene rings is 1. The SMILES string of the molecule is CC(C)SCc1ccc(F)cc1C(N)=NO. The third kappa shape index (κ3) is 3.41. The molecule has 5 heteroatoms. The fourth-order valence-electron chi connectivity index (χ4n) is 1.22. The van der Waals surface area contributed by atoms with Crippen LogP contribution in [0.2, 0.25) is 0 Å². The van der Waals surface area contributed by atoms with Gasteiger partial charge in [0.2, 0.25) is 0 Å². The van der Waals surface area contributed by atoms with Crippen LogP contribution in [-0.2, 0) is 5.75 Å². The van der Waals surface area contributed by atoms with Gasteiger partial charge < -0.3 is 10.9 Å². The maximum atomic E-state index is 13.0. The lowest BCUT2D eigenvalue weighted by atomic mass is 10.1. The van der Waals surface area contributed by atoms with Crippen LogP contribution in [0.3, 0.4) is 0 Å². The molecule has 1 aromatic rings. The minimum absolute atomic E-state index is 0.0566. The molecule has 0 unspecified atom stereocenters. The van der Waals surface area contributed by atoms with Crippen LogP contribution in [0.25, 0.3) is 0 Å². The lowest BCUT2D eigenvalue weighted by molar-refractivity contribution is 0.318. The smallest absolute Gasteiger partial charge is 0.170 e. The molecule has 0 aliphatic rings. The summed E-state index contributed by atoms with van der Waals surface area (Å²) in [5, 5.41) is 12.0. The fraction of sp³-hybridized carbons (Fsp3) is 0.364. The molecule has 16 heavy (non-hydrogen) atoms. The molecule has 0 fully saturated rings. The first-order valence-electron chi connectivity index (χ1n) is 4.92. The monoisotopic (exact) mass is 242 g/mol. The Hall–Kier alpha value is -1.23. The van der Waals surface area contributed by atoms with Crippen LogP contribution < -0.4 is 5.73 Å². The van der Waals surface area contributed by atoms with Crippen LogP contribution in [0, 0.1) is 5.82 Å². The Morgan fingerprint density at radius 3 is 2.81 bits per heavy atom. The zero-order chi connectivity index (χ0) is 12.1. The predicted molar refractivity (Wildman–Crippen MR) is 65.3 cm³/mol. The number of nitrogens with zero attached hydrogens (tertiary/aromatic N) is 1. The van der Waals surface area contributed by atoms with Gasteiger partial charge in [-0.3, -0.25) is 0 Å². The average molecular weight is 242 g/mol. The molecule has 1 rings (SSSR count). The Kier molecular flexibility index (Phi) is 4.61. The number of nitrogens with two attached hydrogens (primary N) is 1. The largest absolute Gasteiger partial charge is 0.409 e. The van der Waals surface area contributed by atoms with Crippen LogP contribution in [0.5, 0.6) is 0 Å². The first kappa shape index (κ1) is 12.8. The van der Waals surface area contributed by atoms with Gasteiger partial charge >= 0.3 is 0 Å². The summed E-state index contributed by atoms with van der Waals surface area (Å²) < 4.78 is 13.0. The highest BCUT2D eigenvalue weighted by Crippen LogP contribution is 2.20. The van der Waals surface area contributed by atoms with Crippen molar-refractivity contribution in [2.75, 3.05) is 0 Å². The van der Waals surface area contributed by atoms with Gasteiger partial charge in [-0.25, -0.2) is 4.39 Å². The molecule has 0 aliphatic carbocycles. The van der Waals surface area contributed by atoms with Gasteiger partial charge in [0.25, 0.3) is 0 Å². The summed E-state index contributed by atoms with van der Waals surface area (Å²) in [6.07, 6.45) is 0. The molecule has 3 N–H and O–H groups in total. The predicted octanol–water partition coefficient (Wildman–Crippen LogP) is 2.56. The molecule has 0 amide bonds. The molecular weight excluding hydrogens is 227 g/mol. The van der Waals surface area contributed by atoms with Crippen molar-refractivity contribution in [3.63, 3.8) is 0 Å². The van der Waals surface area contributed by atoms with Crippen molar-refractivity contribution >= 4 is 17.6 Å². The average Bonchev–Trinajstić information content (AvgIpc) is 2.26. The van der Waals surface area contributed by atoms with Gasteiger partial charge in [-0.1, -0.05) is 25.1 Å². The number of thioether (sulfide) groups is 1. The molecule has 88 valence electrons. The van der Waals surface area contributed by atoms with E-state index < -0.39 is 0 Å². The van der Waals surface area contributed by atoms with Gasteiger partial charge in [-0.05, 0) is 22.9 Å². The number of hydrogen-bond acceptors (Lipinski definition) is 3. The number of oxime groups is 1. The van der Waals surface area contributed by atoms with E-state index in [1.807, 2.05) is 0 Å². The lowest BCUT2D eigenvalue weighted by Gasteiger charge is -2.09. The minimum atomic E-state index is -0.389. The third-order valence-corrected chi connectivity index (χ3v) is 3.17. The van der Waals surface area contributed by atoms with Crippen LogP contribution >= 0.6 is 11.8 Å². The molecule has 0 atom stereocenters. The van der Waals surface area contributed by atoms with Crippen LogP contribution in [-0.4, -0.2) is 16.3 Å². The van der Waals surface area contributed by atoms with Gasteiger partial charge in [0, 0.05) is 11.3 Å². The quantitative estimate of drug-likeness (QED) is 0.369. The Balaban J connectivity index is 2.98. The number of halogens is 1. The number of hydrogen-bond donors (Lipinski definition) is 2. The van der Waals surface area contributed by atoms with Crippen molar-refractivity contribution in [2.24, 2.45) is 10.9 Å². The molecule has 0 saturated carbocycles. The van der Waals surface area contributed by atoms with Crippen molar-refractivity contribution < 1.29 is 9.60 Å². The highest BCUT2D eigenvalue weighted by atomic mass is 32.2. The number of amidine groups is 1. The van der Waals surface area contributed by atoms with E-state index in [4.69, 9.17) is 10.9 Å². The van der Waals surface area contributed by atoms with Crippen molar-refractivity contribution in [1.29, 1.82) is 0 Å². The summed E-state index contributed by atoms with van der Waals surface area (Å²) in [5.74, 6) is 0.266. The Morgan fingerprint density at radius 1 is 1.56 bits per heavy atom. The standard InChI is InChI=1S/C11H15FN2OS/c1-7(2)16-6-8-3-4-9(12)5-10(8)11(13)14-15/h3-5,7,15H,6H2,1-2H3,(H2,13,14). The molecule has 0 saturated heterocycles. The van der Waals surface area contributed by atoms with Crippen LogP contribution in [0.4, 0.5) is 4.39 Å². The van der Waals surface area contributed by atoms with E-state index in [1.54, 1.807) is 17.8 Å². The highest BCUT2D eigenvalue weighted by molar-refractivity contribution is 7.99. The molecule has 0 heterocycles. The summed E-state index contributed by atoms with van der Waals surface area (Å²) in [6, 6.07) is 4.33. The van der Waals surface area contributed by atoms with E-state index in [9.17, 15) is 4.39 Å². The first-order valence-corrected chi connectivity index (χ1v) is 5.97. The van der Waals surface area contributed by atoms with Crippen LogP contribution in [0.1, 0.15) is 25.0 Å². The molecule has 1 aromatic carbocycles. The van der Waals surface area contributed by atoms with Gasteiger partial charge in [0.05, 0.1) is 0 Å². The van der Waals surface area contributed by atoms with Crippen molar-refractivity contribution in [1.82, 2.24) is 0 Å². The van der Waals surface area contributed by atoms with Crippen LogP contribution in [0.15, 0.2) is 23.4 Å². The van der Waals surface area contributed by atoms with Crippen molar-refractivity contribution in [2.45, 2.75) is 24.9 Å². The Bertz CT molecular complexity index is 394. The second-order valence-corrected chi connectivity index (χ2v) is 5.21. The second kappa shape index (κ2) is 5.75. The summed E-state index contributed by atoms with van der Waals surface area (Å²) in [5.41, 5.74) is 6.82. The molecular formula is C11H15FN2OS. The lowest BCUT2D eigenvalue weighted by Crippen LogP contribution is -2.15.